The fourth-order valence-corrected chi connectivity index (χ4v) is 3.08. The number of rotatable bonds is 5. The van der Waals surface area contributed by atoms with Gasteiger partial charge < -0.3 is 10.3 Å². The van der Waals surface area contributed by atoms with Gasteiger partial charge in [0.15, 0.2) is 10.3 Å². The number of amides is 1. The molecule has 20 heavy (non-hydrogen) atoms. The molecule has 1 amide bonds. The summed E-state index contributed by atoms with van der Waals surface area (Å²) >= 11 is 2.96. The van der Waals surface area contributed by atoms with Crippen molar-refractivity contribution in [2.45, 2.75) is 11.6 Å². The second kappa shape index (κ2) is 6.06. The minimum absolute atomic E-state index is 0.0245. The van der Waals surface area contributed by atoms with Gasteiger partial charge in [0.1, 0.15) is 0 Å². The second-order valence-corrected chi connectivity index (χ2v) is 6.02. The van der Waals surface area contributed by atoms with Crippen molar-refractivity contribution in [2.24, 2.45) is 0 Å². The van der Waals surface area contributed by atoms with Crippen LogP contribution in [0.4, 0.5) is 5.13 Å². The third-order valence-electron chi connectivity index (χ3n) is 2.61. The number of carbonyl (C=O) groups excluding carboxylic acids is 1. The Bertz CT molecular complexity index is 675. The Morgan fingerprint density at radius 2 is 2.30 bits per heavy atom. The Morgan fingerprint density at radius 3 is 3.10 bits per heavy atom. The molecule has 5 nitrogen and oxygen atoms in total. The maximum atomic E-state index is 11.7. The molecule has 2 heterocycles. The highest BCUT2D eigenvalue weighted by atomic mass is 32.2. The first-order valence-corrected chi connectivity index (χ1v) is 7.95. The van der Waals surface area contributed by atoms with Gasteiger partial charge in [0.2, 0.25) is 5.91 Å². The molecule has 0 saturated heterocycles. The van der Waals surface area contributed by atoms with Crippen molar-refractivity contribution in [1.29, 1.82) is 0 Å². The van der Waals surface area contributed by atoms with Gasteiger partial charge in [-0.05, 0) is 12.1 Å². The number of benzene rings is 1. The van der Waals surface area contributed by atoms with Gasteiger partial charge in [-0.3, -0.25) is 4.79 Å². The van der Waals surface area contributed by atoms with E-state index in [1.165, 1.54) is 11.3 Å². The lowest BCUT2D eigenvalue weighted by molar-refractivity contribution is -0.115. The van der Waals surface area contributed by atoms with Crippen LogP contribution in [0.5, 0.6) is 0 Å². The van der Waals surface area contributed by atoms with Gasteiger partial charge in [-0.1, -0.05) is 23.9 Å². The second-order valence-electron chi connectivity index (χ2n) is 4.04. The number of fused-ring (bicyclic) bond motifs is 1. The van der Waals surface area contributed by atoms with Crippen LogP contribution in [0.25, 0.3) is 11.0 Å². The molecule has 0 spiro atoms. The van der Waals surface area contributed by atoms with Gasteiger partial charge in [-0.25, -0.2) is 9.97 Å². The number of H-pyrrole nitrogens is 1. The van der Waals surface area contributed by atoms with Crippen LogP contribution in [-0.4, -0.2) is 26.6 Å². The van der Waals surface area contributed by atoms with Crippen LogP contribution in [0.2, 0.25) is 0 Å². The molecule has 2 aromatic heterocycles. The zero-order chi connectivity index (χ0) is 13.8. The standard InChI is InChI=1S/C13H12N4OS2/c18-11(17-12-14-6-8-20-12)5-7-19-13-15-9-3-1-2-4-10(9)16-13/h1-4,6,8H,5,7H2,(H,15,16)(H,14,17,18). The number of aromatic nitrogens is 3. The fraction of sp³-hybridized carbons (Fsp3) is 0.154. The van der Waals surface area contributed by atoms with E-state index in [1.807, 2.05) is 29.6 Å². The molecule has 0 aliphatic carbocycles. The molecule has 0 unspecified atom stereocenters. The molecule has 0 aliphatic rings. The average Bonchev–Trinajstić information content (AvgIpc) is 3.07. The van der Waals surface area contributed by atoms with Crippen LogP contribution in [-0.2, 0) is 4.79 Å². The van der Waals surface area contributed by atoms with Crippen LogP contribution < -0.4 is 5.32 Å². The monoisotopic (exact) mass is 304 g/mol. The number of nitrogens with one attached hydrogen (secondary N) is 2. The smallest absolute Gasteiger partial charge is 0.226 e. The molecule has 0 bridgehead atoms. The zero-order valence-corrected chi connectivity index (χ0v) is 12.1. The molecule has 7 heteroatoms. The normalized spacial score (nSPS) is 10.8. The maximum Gasteiger partial charge on any atom is 0.226 e. The van der Waals surface area contributed by atoms with Gasteiger partial charge >= 0.3 is 0 Å². The first kappa shape index (κ1) is 13.1. The van der Waals surface area contributed by atoms with Crippen molar-refractivity contribution >= 4 is 45.2 Å². The predicted molar refractivity (Wildman–Crippen MR) is 82.2 cm³/mol. The summed E-state index contributed by atoms with van der Waals surface area (Å²) in [5.74, 6) is 0.653. The molecular formula is C13H12N4OS2. The molecule has 0 saturated carbocycles. The van der Waals surface area contributed by atoms with E-state index in [9.17, 15) is 4.79 Å². The Labute approximate surface area is 123 Å². The molecule has 0 fully saturated rings. The SMILES string of the molecule is O=C(CCSc1nc2ccccc2[nH]1)Nc1nccs1. The third-order valence-corrected chi connectivity index (χ3v) is 4.18. The Morgan fingerprint density at radius 1 is 1.40 bits per heavy atom. The van der Waals surface area contributed by atoms with E-state index in [0.29, 0.717) is 17.3 Å². The van der Waals surface area contributed by atoms with E-state index in [2.05, 4.69) is 20.3 Å². The first-order valence-electron chi connectivity index (χ1n) is 6.08. The summed E-state index contributed by atoms with van der Waals surface area (Å²) in [7, 11) is 0. The van der Waals surface area contributed by atoms with Gasteiger partial charge in [-0.15, -0.1) is 11.3 Å². The molecule has 3 aromatic rings. The van der Waals surface area contributed by atoms with Crippen LogP contribution in [0, 0.1) is 0 Å². The van der Waals surface area contributed by atoms with E-state index < -0.39 is 0 Å². The fourth-order valence-electron chi connectivity index (χ4n) is 1.71. The van der Waals surface area contributed by atoms with Gasteiger partial charge in [0, 0.05) is 23.8 Å². The molecule has 2 N–H and O–H groups in total. The van der Waals surface area contributed by atoms with Crippen molar-refractivity contribution in [3.63, 3.8) is 0 Å². The number of thioether (sulfide) groups is 1. The van der Waals surface area contributed by atoms with E-state index in [-0.39, 0.29) is 5.91 Å². The third kappa shape index (κ3) is 3.17. The summed E-state index contributed by atoms with van der Waals surface area (Å²) in [6, 6.07) is 7.88. The lowest BCUT2D eigenvalue weighted by atomic mass is 10.3. The van der Waals surface area contributed by atoms with Gasteiger partial charge in [-0.2, -0.15) is 0 Å². The highest BCUT2D eigenvalue weighted by molar-refractivity contribution is 7.99. The van der Waals surface area contributed by atoms with Gasteiger partial charge in [0.05, 0.1) is 11.0 Å². The van der Waals surface area contributed by atoms with Crippen LogP contribution >= 0.6 is 23.1 Å². The Kier molecular flexibility index (Phi) is 3.98. The maximum absolute atomic E-state index is 11.7. The van der Waals surface area contributed by atoms with Crippen LogP contribution in [0.15, 0.2) is 41.0 Å². The van der Waals surface area contributed by atoms with E-state index in [1.54, 1.807) is 18.0 Å². The minimum Gasteiger partial charge on any atom is -0.333 e. The van der Waals surface area contributed by atoms with E-state index in [4.69, 9.17) is 0 Å². The number of hydrogen-bond donors (Lipinski definition) is 2. The number of thiazole rings is 1. The molecule has 1 aromatic carbocycles. The number of aromatic amines is 1. The molecule has 3 rings (SSSR count). The molecular weight excluding hydrogens is 292 g/mol. The number of para-hydroxylation sites is 2. The minimum atomic E-state index is -0.0245. The summed E-state index contributed by atoms with van der Waals surface area (Å²) in [6.45, 7) is 0. The summed E-state index contributed by atoms with van der Waals surface area (Å²) in [5, 5.41) is 6.07. The molecule has 102 valence electrons. The predicted octanol–water partition coefficient (Wildman–Crippen LogP) is 3.14. The number of anilines is 1. The molecule has 0 atom stereocenters. The summed E-state index contributed by atoms with van der Waals surface area (Å²) in [6.07, 6.45) is 2.10. The van der Waals surface area contributed by atoms with E-state index >= 15 is 0 Å². The summed E-state index contributed by atoms with van der Waals surface area (Å²) in [5.41, 5.74) is 1.96. The quantitative estimate of drug-likeness (QED) is 0.710. The largest absolute Gasteiger partial charge is 0.333 e. The average molecular weight is 304 g/mol. The molecule has 0 aliphatic heterocycles. The zero-order valence-electron chi connectivity index (χ0n) is 10.5. The summed E-state index contributed by atoms with van der Waals surface area (Å²) in [4.78, 5) is 23.4. The van der Waals surface area contributed by atoms with Crippen LogP contribution in [0.3, 0.4) is 0 Å². The topological polar surface area (TPSA) is 70.7 Å². The Balaban J connectivity index is 1.51. The van der Waals surface area contributed by atoms with Crippen molar-refractivity contribution in [2.75, 3.05) is 11.1 Å². The lowest BCUT2D eigenvalue weighted by Gasteiger charge is -2.00. The van der Waals surface area contributed by atoms with Gasteiger partial charge in [0.25, 0.3) is 0 Å². The highest BCUT2D eigenvalue weighted by Gasteiger charge is 2.06. The van der Waals surface area contributed by atoms with Crippen molar-refractivity contribution in [1.82, 2.24) is 15.0 Å². The van der Waals surface area contributed by atoms with Crippen LogP contribution in [0.1, 0.15) is 6.42 Å². The first-order chi connectivity index (χ1) is 9.81. The number of imidazole rings is 1. The van der Waals surface area contributed by atoms with E-state index in [0.717, 1.165) is 16.2 Å². The van der Waals surface area contributed by atoms with Crippen molar-refractivity contribution < 1.29 is 4.79 Å². The van der Waals surface area contributed by atoms with Crippen molar-refractivity contribution in [3.8, 4) is 0 Å². The lowest BCUT2D eigenvalue weighted by Crippen LogP contribution is -2.11. The molecule has 0 radical (unpaired) electrons. The van der Waals surface area contributed by atoms with Crippen molar-refractivity contribution in [3.05, 3.63) is 35.8 Å². The number of hydrogen-bond acceptors (Lipinski definition) is 5. The number of nitrogens with zero attached hydrogens (tertiary/aromatic N) is 2. The number of carbonyl (C=O) groups is 1. The highest BCUT2D eigenvalue weighted by Crippen LogP contribution is 2.20. The Hall–Kier alpha value is -1.86. The summed E-state index contributed by atoms with van der Waals surface area (Å²) < 4.78 is 0.